The molecule has 2 rings (SSSR count). The Kier molecular flexibility index (Phi) is 5.31. The third kappa shape index (κ3) is 4.28. The van der Waals surface area contributed by atoms with Crippen molar-refractivity contribution in [1.82, 2.24) is 5.32 Å². The fraction of sp³-hybridized carbons (Fsp3) is 0.188. The van der Waals surface area contributed by atoms with Crippen molar-refractivity contribution in [3.05, 3.63) is 64.9 Å². The van der Waals surface area contributed by atoms with Gasteiger partial charge < -0.3 is 10.6 Å². The Morgan fingerprint density at radius 1 is 1.19 bits per heavy atom. The third-order valence-electron chi connectivity index (χ3n) is 3.09. The summed E-state index contributed by atoms with van der Waals surface area (Å²) in [4.78, 5) is 11.8. The van der Waals surface area contributed by atoms with Crippen molar-refractivity contribution in [1.29, 1.82) is 0 Å². The lowest BCUT2D eigenvalue weighted by Gasteiger charge is -2.15. The first-order chi connectivity index (χ1) is 10.1. The Labute approximate surface area is 128 Å². The fourth-order valence-corrected chi connectivity index (χ4v) is 2.24. The van der Waals surface area contributed by atoms with Gasteiger partial charge in [0.2, 0.25) is 5.91 Å². The summed E-state index contributed by atoms with van der Waals surface area (Å²) in [5.41, 5.74) is 1.09. The second-order valence-corrected chi connectivity index (χ2v) is 5.06. The average Bonchev–Trinajstić information content (AvgIpc) is 2.48. The van der Waals surface area contributed by atoms with Gasteiger partial charge in [0.1, 0.15) is 5.82 Å². The van der Waals surface area contributed by atoms with Crippen LogP contribution in [0.3, 0.4) is 0 Å². The highest BCUT2D eigenvalue weighted by molar-refractivity contribution is 6.31. The lowest BCUT2D eigenvalue weighted by molar-refractivity contribution is -0.115. The molecule has 2 N–H and O–H groups in total. The molecule has 1 atom stereocenters. The molecule has 3 nitrogen and oxygen atoms in total. The van der Waals surface area contributed by atoms with Gasteiger partial charge in [0.25, 0.3) is 0 Å². The predicted molar refractivity (Wildman–Crippen MR) is 82.9 cm³/mol. The van der Waals surface area contributed by atoms with Crippen LogP contribution in [-0.4, -0.2) is 12.5 Å². The Morgan fingerprint density at radius 3 is 2.57 bits per heavy atom. The van der Waals surface area contributed by atoms with E-state index in [1.165, 1.54) is 12.1 Å². The first kappa shape index (κ1) is 15.5. The van der Waals surface area contributed by atoms with Crippen molar-refractivity contribution in [2.45, 2.75) is 13.0 Å². The summed E-state index contributed by atoms with van der Waals surface area (Å²) in [6.07, 6.45) is 0. The summed E-state index contributed by atoms with van der Waals surface area (Å²) < 4.78 is 13.4. The molecule has 0 unspecified atom stereocenters. The van der Waals surface area contributed by atoms with E-state index in [4.69, 9.17) is 11.6 Å². The smallest absolute Gasteiger partial charge is 0.238 e. The van der Waals surface area contributed by atoms with Gasteiger partial charge in [0.15, 0.2) is 0 Å². The van der Waals surface area contributed by atoms with Crippen LogP contribution >= 0.6 is 11.6 Å². The number of halogens is 2. The zero-order chi connectivity index (χ0) is 15.2. The molecule has 0 spiro atoms. The van der Waals surface area contributed by atoms with Gasteiger partial charge in [0, 0.05) is 11.1 Å². The number of nitrogens with one attached hydrogen (secondary N) is 2. The van der Waals surface area contributed by atoms with E-state index in [0.717, 1.165) is 5.56 Å². The van der Waals surface area contributed by atoms with Crippen molar-refractivity contribution < 1.29 is 9.18 Å². The number of rotatable bonds is 5. The van der Waals surface area contributed by atoms with E-state index < -0.39 is 5.82 Å². The average molecular weight is 307 g/mol. The van der Waals surface area contributed by atoms with Crippen molar-refractivity contribution in [3.63, 3.8) is 0 Å². The summed E-state index contributed by atoms with van der Waals surface area (Å²) >= 11 is 6.09. The lowest BCUT2D eigenvalue weighted by Crippen LogP contribution is -2.30. The number of amides is 1. The van der Waals surface area contributed by atoms with Crippen molar-refractivity contribution >= 4 is 23.2 Å². The molecule has 0 aliphatic rings. The number of anilines is 1. The summed E-state index contributed by atoms with van der Waals surface area (Å²) in [6.45, 7) is 1.98. The van der Waals surface area contributed by atoms with Gasteiger partial charge in [-0.3, -0.25) is 4.79 Å². The number of hydrogen-bond donors (Lipinski definition) is 2. The quantitative estimate of drug-likeness (QED) is 0.883. The standard InChI is InChI=1S/C16H16ClFN2O/c1-11(12-6-2-3-7-13(12)17)19-10-16(21)20-15-9-5-4-8-14(15)18/h2-9,11,19H,10H2,1H3,(H,20,21)/t11-/m1/s1. The molecule has 2 aromatic rings. The molecule has 0 heterocycles. The first-order valence-corrected chi connectivity index (χ1v) is 6.98. The Bertz CT molecular complexity index is 633. The minimum absolute atomic E-state index is 0.0702. The highest BCUT2D eigenvalue weighted by atomic mass is 35.5. The molecule has 0 aromatic heterocycles. The van der Waals surface area contributed by atoms with E-state index in [2.05, 4.69) is 10.6 Å². The van der Waals surface area contributed by atoms with Crippen LogP contribution < -0.4 is 10.6 Å². The summed E-state index contributed by atoms with van der Waals surface area (Å²) in [6, 6.07) is 13.4. The second-order valence-electron chi connectivity index (χ2n) is 4.65. The molecule has 2 aromatic carbocycles. The minimum Gasteiger partial charge on any atom is -0.322 e. The normalized spacial score (nSPS) is 12.0. The van der Waals surface area contributed by atoms with Crippen LogP contribution in [0.1, 0.15) is 18.5 Å². The van der Waals surface area contributed by atoms with Crippen LogP contribution in [0.15, 0.2) is 48.5 Å². The largest absolute Gasteiger partial charge is 0.322 e. The maximum atomic E-state index is 13.4. The highest BCUT2D eigenvalue weighted by Gasteiger charge is 2.11. The molecule has 110 valence electrons. The van der Waals surface area contributed by atoms with E-state index in [1.54, 1.807) is 18.2 Å². The fourth-order valence-electron chi connectivity index (χ4n) is 1.94. The number of hydrogen-bond acceptors (Lipinski definition) is 2. The van der Waals surface area contributed by atoms with Gasteiger partial charge in [-0.15, -0.1) is 0 Å². The zero-order valence-corrected chi connectivity index (χ0v) is 12.3. The number of para-hydroxylation sites is 1. The van der Waals surface area contributed by atoms with Crippen LogP contribution in [0.5, 0.6) is 0 Å². The number of benzene rings is 2. The molecule has 0 radical (unpaired) electrons. The highest BCUT2D eigenvalue weighted by Crippen LogP contribution is 2.21. The third-order valence-corrected chi connectivity index (χ3v) is 3.43. The molecule has 21 heavy (non-hydrogen) atoms. The number of carbonyl (C=O) groups is 1. The Hall–Kier alpha value is -1.91. The Balaban J connectivity index is 1.90. The maximum Gasteiger partial charge on any atom is 0.238 e. The molecule has 0 bridgehead atoms. The lowest BCUT2D eigenvalue weighted by atomic mass is 10.1. The topological polar surface area (TPSA) is 41.1 Å². The zero-order valence-electron chi connectivity index (χ0n) is 11.6. The first-order valence-electron chi connectivity index (χ1n) is 6.60. The van der Waals surface area contributed by atoms with Crippen LogP contribution in [-0.2, 0) is 4.79 Å². The summed E-state index contributed by atoms with van der Waals surface area (Å²) in [5, 5.41) is 6.23. The SMILES string of the molecule is C[C@@H](NCC(=O)Nc1ccccc1F)c1ccccc1Cl. The van der Waals surface area contributed by atoms with Crippen molar-refractivity contribution in [2.24, 2.45) is 0 Å². The minimum atomic E-state index is -0.454. The Morgan fingerprint density at radius 2 is 1.86 bits per heavy atom. The van der Waals surface area contributed by atoms with E-state index >= 15 is 0 Å². The predicted octanol–water partition coefficient (Wildman–Crippen LogP) is 3.77. The van der Waals surface area contributed by atoms with Crippen LogP contribution in [0.2, 0.25) is 5.02 Å². The van der Waals surface area contributed by atoms with Crippen molar-refractivity contribution in [3.8, 4) is 0 Å². The molecular weight excluding hydrogens is 291 g/mol. The molecule has 0 fully saturated rings. The van der Waals surface area contributed by atoms with Crippen LogP contribution in [0.4, 0.5) is 10.1 Å². The number of carbonyl (C=O) groups excluding carboxylic acids is 1. The van der Waals surface area contributed by atoms with Crippen molar-refractivity contribution in [2.75, 3.05) is 11.9 Å². The molecular formula is C16H16ClFN2O. The van der Waals surface area contributed by atoms with E-state index in [-0.39, 0.29) is 24.2 Å². The molecule has 5 heteroatoms. The summed E-state index contributed by atoms with van der Waals surface area (Å²) in [5.74, 6) is -0.760. The molecule has 0 aliphatic heterocycles. The van der Waals surface area contributed by atoms with Gasteiger partial charge in [-0.25, -0.2) is 4.39 Å². The van der Waals surface area contributed by atoms with Gasteiger partial charge in [-0.2, -0.15) is 0 Å². The summed E-state index contributed by atoms with van der Waals surface area (Å²) in [7, 11) is 0. The maximum absolute atomic E-state index is 13.4. The molecule has 1 amide bonds. The van der Waals surface area contributed by atoms with Gasteiger partial charge in [-0.1, -0.05) is 41.9 Å². The second kappa shape index (κ2) is 7.20. The van der Waals surface area contributed by atoms with Crippen LogP contribution in [0.25, 0.3) is 0 Å². The van der Waals surface area contributed by atoms with Crippen LogP contribution in [0, 0.1) is 5.82 Å². The molecule has 0 aliphatic carbocycles. The van der Waals surface area contributed by atoms with Gasteiger partial charge in [-0.05, 0) is 30.7 Å². The van der Waals surface area contributed by atoms with Gasteiger partial charge >= 0.3 is 0 Å². The van der Waals surface area contributed by atoms with E-state index in [0.29, 0.717) is 5.02 Å². The molecule has 0 saturated heterocycles. The monoisotopic (exact) mass is 306 g/mol. The van der Waals surface area contributed by atoms with E-state index in [9.17, 15) is 9.18 Å². The molecule has 0 saturated carbocycles. The van der Waals surface area contributed by atoms with E-state index in [1.807, 2.05) is 25.1 Å². The van der Waals surface area contributed by atoms with Gasteiger partial charge in [0.05, 0.1) is 12.2 Å².